The van der Waals surface area contributed by atoms with Crippen LogP contribution in [0.4, 0.5) is 10.7 Å². The molecule has 2 N–H and O–H groups in total. The van der Waals surface area contributed by atoms with Crippen molar-refractivity contribution >= 4 is 28.0 Å². The van der Waals surface area contributed by atoms with Gasteiger partial charge in [-0.1, -0.05) is 6.07 Å². The van der Waals surface area contributed by atoms with Gasteiger partial charge in [-0.3, -0.25) is 4.98 Å². The molecular weight excluding hydrogens is 290 g/mol. The van der Waals surface area contributed by atoms with Crippen LogP contribution < -0.4 is 15.4 Å². The molecule has 0 aromatic carbocycles. The summed E-state index contributed by atoms with van der Waals surface area (Å²) in [7, 11) is 4.74. The second kappa shape index (κ2) is 6.45. The number of pyridine rings is 1. The van der Waals surface area contributed by atoms with E-state index in [-0.39, 0.29) is 0 Å². The number of esters is 1. The summed E-state index contributed by atoms with van der Waals surface area (Å²) < 4.78 is 10.1. The number of nitrogens with zero attached hydrogens (tertiary/aromatic N) is 2. The Morgan fingerprint density at radius 2 is 2.19 bits per heavy atom. The van der Waals surface area contributed by atoms with Gasteiger partial charge in [0.25, 0.3) is 0 Å². The minimum atomic E-state index is -0.465. The summed E-state index contributed by atoms with van der Waals surface area (Å²) in [5.74, 6) is 0.0205. The Bertz CT molecular complexity index is 628. The van der Waals surface area contributed by atoms with Crippen LogP contribution in [0.5, 0.6) is 5.75 Å². The largest absolute Gasteiger partial charge is 0.492 e. The first-order valence-corrected chi connectivity index (χ1v) is 7.05. The number of hydrogen-bond donors (Lipinski definition) is 1. The van der Waals surface area contributed by atoms with Crippen LogP contribution in [0, 0.1) is 0 Å². The third kappa shape index (κ3) is 3.08. The summed E-state index contributed by atoms with van der Waals surface area (Å²) in [5, 5.41) is 0.765. The van der Waals surface area contributed by atoms with E-state index in [1.54, 1.807) is 6.20 Å². The number of carbonyl (C=O) groups is 1. The Hall–Kier alpha value is -2.28. The summed E-state index contributed by atoms with van der Waals surface area (Å²) in [6, 6.07) is 5.72. The van der Waals surface area contributed by atoms with Crippen molar-refractivity contribution in [3.05, 3.63) is 35.0 Å². The third-order valence-corrected chi connectivity index (χ3v) is 4.21. The molecule has 0 radical (unpaired) electrons. The van der Waals surface area contributed by atoms with Crippen molar-refractivity contribution in [2.24, 2.45) is 0 Å². The fourth-order valence-corrected chi connectivity index (χ4v) is 2.98. The molecule has 0 amide bonds. The van der Waals surface area contributed by atoms with Crippen molar-refractivity contribution in [3.8, 4) is 5.75 Å². The number of ether oxygens (including phenoxy) is 2. The van der Waals surface area contributed by atoms with Gasteiger partial charge in [0.15, 0.2) is 5.75 Å². The van der Waals surface area contributed by atoms with Crippen molar-refractivity contribution in [3.63, 3.8) is 0 Å². The zero-order valence-corrected chi connectivity index (χ0v) is 12.9. The fourth-order valence-electron chi connectivity index (χ4n) is 1.92. The predicted octanol–water partition coefficient (Wildman–Crippen LogP) is 2.16. The van der Waals surface area contributed by atoms with Crippen LogP contribution in [0.25, 0.3) is 0 Å². The molecule has 2 aromatic heterocycles. The van der Waals surface area contributed by atoms with E-state index in [0.29, 0.717) is 22.9 Å². The lowest BCUT2D eigenvalue weighted by Crippen LogP contribution is -2.16. The molecule has 0 saturated carbocycles. The second-order valence-electron chi connectivity index (χ2n) is 4.35. The average molecular weight is 307 g/mol. The van der Waals surface area contributed by atoms with E-state index in [0.717, 1.165) is 10.7 Å². The summed E-state index contributed by atoms with van der Waals surface area (Å²) in [6.45, 7) is 0.581. The number of nitrogens with two attached hydrogens (primary N) is 1. The van der Waals surface area contributed by atoms with Gasteiger partial charge in [-0.25, -0.2) is 4.79 Å². The minimum absolute atomic E-state index is 0.303. The van der Waals surface area contributed by atoms with Crippen molar-refractivity contribution in [1.29, 1.82) is 0 Å². The van der Waals surface area contributed by atoms with E-state index >= 15 is 0 Å². The van der Waals surface area contributed by atoms with Crippen LogP contribution in [-0.2, 0) is 11.3 Å². The molecule has 112 valence electrons. The molecule has 0 unspecified atom stereocenters. The van der Waals surface area contributed by atoms with Crippen molar-refractivity contribution in [2.45, 2.75) is 6.54 Å². The highest BCUT2D eigenvalue weighted by molar-refractivity contribution is 7.19. The number of carbonyl (C=O) groups excluding carboxylic acids is 1. The number of hydrogen-bond acceptors (Lipinski definition) is 7. The normalized spacial score (nSPS) is 10.2. The maximum Gasteiger partial charge on any atom is 0.350 e. The first-order chi connectivity index (χ1) is 10.1. The third-order valence-electron chi connectivity index (χ3n) is 2.93. The van der Waals surface area contributed by atoms with Crippen LogP contribution in [0.15, 0.2) is 24.4 Å². The standard InChI is InChI=1S/C14H17N3O3S/c1-17(8-9-6-4-5-7-16-9)13-11(19-2)10(15)12(21-13)14(18)20-3/h4-7H,8,15H2,1-3H3. The highest BCUT2D eigenvalue weighted by Crippen LogP contribution is 2.44. The van der Waals surface area contributed by atoms with Crippen LogP contribution in [0.1, 0.15) is 15.4 Å². The lowest BCUT2D eigenvalue weighted by Gasteiger charge is -2.18. The zero-order chi connectivity index (χ0) is 15.4. The van der Waals surface area contributed by atoms with Gasteiger partial charge in [0, 0.05) is 13.2 Å². The molecule has 7 heteroatoms. The summed E-state index contributed by atoms with van der Waals surface area (Å²) >= 11 is 1.24. The maximum atomic E-state index is 11.7. The van der Waals surface area contributed by atoms with Gasteiger partial charge >= 0.3 is 5.97 Å². The Labute approximate surface area is 127 Å². The van der Waals surface area contributed by atoms with Crippen molar-refractivity contribution in [2.75, 3.05) is 31.9 Å². The van der Waals surface area contributed by atoms with E-state index in [1.165, 1.54) is 25.6 Å². The molecule has 0 aliphatic carbocycles. The Morgan fingerprint density at radius 1 is 1.43 bits per heavy atom. The van der Waals surface area contributed by atoms with Gasteiger partial charge in [-0.2, -0.15) is 0 Å². The lowest BCUT2D eigenvalue weighted by molar-refractivity contribution is 0.0607. The van der Waals surface area contributed by atoms with Crippen LogP contribution in [0.3, 0.4) is 0 Å². The molecule has 2 heterocycles. The highest BCUT2D eigenvalue weighted by atomic mass is 32.1. The van der Waals surface area contributed by atoms with Gasteiger partial charge < -0.3 is 20.1 Å². The minimum Gasteiger partial charge on any atom is -0.492 e. The van der Waals surface area contributed by atoms with Gasteiger partial charge in [0.1, 0.15) is 15.6 Å². The fraction of sp³-hybridized carbons (Fsp3) is 0.286. The predicted molar refractivity (Wildman–Crippen MR) is 83.0 cm³/mol. The number of thiophene rings is 1. The first kappa shape index (κ1) is 15.1. The SMILES string of the molecule is COC(=O)c1sc(N(C)Cc2ccccn2)c(OC)c1N. The number of anilines is 2. The number of nitrogen functional groups attached to an aromatic ring is 1. The topological polar surface area (TPSA) is 77.7 Å². The molecule has 0 spiro atoms. The van der Waals surface area contributed by atoms with Crippen molar-refractivity contribution in [1.82, 2.24) is 4.98 Å². The quantitative estimate of drug-likeness (QED) is 0.853. The number of rotatable bonds is 5. The Kier molecular flexibility index (Phi) is 4.64. The average Bonchev–Trinajstić information content (AvgIpc) is 2.84. The highest BCUT2D eigenvalue weighted by Gasteiger charge is 2.24. The molecule has 0 saturated heterocycles. The molecule has 0 bridgehead atoms. The monoisotopic (exact) mass is 307 g/mol. The Morgan fingerprint density at radius 3 is 2.76 bits per heavy atom. The molecule has 0 aliphatic heterocycles. The lowest BCUT2D eigenvalue weighted by atomic mass is 10.3. The smallest absolute Gasteiger partial charge is 0.350 e. The van der Waals surface area contributed by atoms with Crippen LogP contribution in [-0.4, -0.2) is 32.2 Å². The summed E-state index contributed by atoms with van der Waals surface area (Å²) in [4.78, 5) is 18.3. The summed E-state index contributed by atoms with van der Waals surface area (Å²) in [5.41, 5.74) is 7.18. The molecule has 0 atom stereocenters. The molecule has 2 rings (SSSR count). The summed E-state index contributed by atoms with van der Waals surface area (Å²) in [6.07, 6.45) is 1.74. The van der Waals surface area contributed by atoms with E-state index in [1.807, 2.05) is 30.1 Å². The van der Waals surface area contributed by atoms with Crippen molar-refractivity contribution < 1.29 is 14.3 Å². The van der Waals surface area contributed by atoms with Crippen LogP contribution in [0.2, 0.25) is 0 Å². The number of aromatic nitrogens is 1. The zero-order valence-electron chi connectivity index (χ0n) is 12.1. The molecule has 6 nitrogen and oxygen atoms in total. The Balaban J connectivity index is 2.32. The van der Waals surface area contributed by atoms with E-state index < -0.39 is 5.97 Å². The van der Waals surface area contributed by atoms with E-state index in [9.17, 15) is 4.79 Å². The van der Waals surface area contributed by atoms with Gasteiger partial charge in [0.2, 0.25) is 0 Å². The van der Waals surface area contributed by atoms with Gasteiger partial charge in [-0.15, -0.1) is 11.3 Å². The molecule has 0 fully saturated rings. The van der Waals surface area contributed by atoms with Crippen LogP contribution >= 0.6 is 11.3 Å². The van der Waals surface area contributed by atoms with Gasteiger partial charge in [-0.05, 0) is 12.1 Å². The second-order valence-corrected chi connectivity index (χ2v) is 5.35. The maximum absolute atomic E-state index is 11.7. The molecule has 21 heavy (non-hydrogen) atoms. The number of methoxy groups -OCH3 is 2. The molecule has 0 aliphatic rings. The molecular formula is C14H17N3O3S. The first-order valence-electron chi connectivity index (χ1n) is 6.24. The van der Waals surface area contributed by atoms with E-state index in [2.05, 4.69) is 4.98 Å². The van der Waals surface area contributed by atoms with E-state index in [4.69, 9.17) is 15.2 Å². The van der Waals surface area contributed by atoms with Gasteiger partial charge in [0.05, 0.1) is 26.5 Å². The molecule has 2 aromatic rings.